The molecule has 4 rings (SSSR count). The number of carbonyl (C=O) groups is 1. The van der Waals surface area contributed by atoms with Crippen LogP contribution in [-0.2, 0) is 4.79 Å². The van der Waals surface area contributed by atoms with Gasteiger partial charge in [0.15, 0.2) is 0 Å². The molecule has 0 aliphatic carbocycles. The Kier molecular flexibility index (Phi) is 2.97. The fraction of sp³-hybridized carbons (Fsp3) is 0.150. The SMILES string of the molecule is C[C@@H]1C(=O)N(c2ccc3ccccc3c2)[C@H]1c1ccccc1. The van der Waals surface area contributed by atoms with Crippen LogP contribution in [-0.4, -0.2) is 5.91 Å². The van der Waals surface area contributed by atoms with E-state index in [4.69, 9.17) is 0 Å². The first-order chi connectivity index (χ1) is 10.8. The van der Waals surface area contributed by atoms with Gasteiger partial charge < -0.3 is 4.90 Å². The van der Waals surface area contributed by atoms with Crippen LogP contribution in [0.1, 0.15) is 18.5 Å². The first-order valence-corrected chi connectivity index (χ1v) is 7.62. The molecular weight excluding hydrogens is 270 g/mol. The monoisotopic (exact) mass is 287 g/mol. The molecule has 1 aliphatic rings. The van der Waals surface area contributed by atoms with Crippen LogP contribution >= 0.6 is 0 Å². The third kappa shape index (κ3) is 1.92. The lowest BCUT2D eigenvalue weighted by Gasteiger charge is -2.46. The minimum absolute atomic E-state index is 0.0360. The number of benzene rings is 3. The highest BCUT2D eigenvalue weighted by atomic mass is 16.2. The Morgan fingerprint density at radius 1 is 0.818 bits per heavy atom. The normalized spacial score (nSPS) is 21.0. The van der Waals surface area contributed by atoms with E-state index in [2.05, 4.69) is 36.4 Å². The van der Waals surface area contributed by atoms with Gasteiger partial charge in [0, 0.05) is 5.69 Å². The van der Waals surface area contributed by atoms with Crippen LogP contribution in [0.4, 0.5) is 5.69 Å². The van der Waals surface area contributed by atoms with Crippen molar-refractivity contribution in [1.29, 1.82) is 0 Å². The molecule has 108 valence electrons. The fourth-order valence-electron chi connectivity index (χ4n) is 3.34. The lowest BCUT2D eigenvalue weighted by atomic mass is 9.83. The maximum atomic E-state index is 12.4. The highest BCUT2D eigenvalue weighted by Crippen LogP contribution is 2.43. The van der Waals surface area contributed by atoms with E-state index in [1.54, 1.807) is 0 Å². The molecule has 0 spiro atoms. The first-order valence-electron chi connectivity index (χ1n) is 7.62. The van der Waals surface area contributed by atoms with Crippen LogP contribution in [0.2, 0.25) is 0 Å². The van der Waals surface area contributed by atoms with E-state index in [-0.39, 0.29) is 17.9 Å². The minimum atomic E-state index is 0.0360. The molecule has 3 aromatic rings. The molecule has 0 unspecified atom stereocenters. The van der Waals surface area contributed by atoms with Crippen molar-refractivity contribution in [1.82, 2.24) is 0 Å². The number of anilines is 1. The van der Waals surface area contributed by atoms with Crippen LogP contribution in [0.25, 0.3) is 10.8 Å². The van der Waals surface area contributed by atoms with Crippen molar-refractivity contribution in [2.24, 2.45) is 5.92 Å². The lowest BCUT2D eigenvalue weighted by molar-refractivity contribution is -0.129. The van der Waals surface area contributed by atoms with E-state index in [0.717, 1.165) is 5.69 Å². The maximum absolute atomic E-state index is 12.4. The van der Waals surface area contributed by atoms with Crippen molar-refractivity contribution in [3.63, 3.8) is 0 Å². The van der Waals surface area contributed by atoms with Crippen molar-refractivity contribution in [2.75, 3.05) is 4.90 Å². The average molecular weight is 287 g/mol. The van der Waals surface area contributed by atoms with Gasteiger partial charge >= 0.3 is 0 Å². The van der Waals surface area contributed by atoms with Crippen molar-refractivity contribution in [3.05, 3.63) is 78.4 Å². The van der Waals surface area contributed by atoms with Gasteiger partial charge in [-0.2, -0.15) is 0 Å². The third-order valence-electron chi connectivity index (χ3n) is 4.53. The van der Waals surface area contributed by atoms with Crippen molar-refractivity contribution >= 4 is 22.4 Å². The van der Waals surface area contributed by atoms with E-state index in [1.807, 2.05) is 48.2 Å². The number of amides is 1. The van der Waals surface area contributed by atoms with Crippen molar-refractivity contribution < 1.29 is 4.79 Å². The van der Waals surface area contributed by atoms with Crippen LogP contribution in [0.15, 0.2) is 72.8 Å². The molecule has 1 fully saturated rings. The van der Waals surface area contributed by atoms with Gasteiger partial charge in [0.05, 0.1) is 12.0 Å². The summed E-state index contributed by atoms with van der Waals surface area (Å²) in [6.07, 6.45) is 0. The first kappa shape index (κ1) is 13.1. The molecule has 2 atom stereocenters. The summed E-state index contributed by atoms with van der Waals surface area (Å²) in [5.41, 5.74) is 2.18. The van der Waals surface area contributed by atoms with E-state index < -0.39 is 0 Å². The standard InChI is InChI=1S/C20H17NO/c1-14-19(16-8-3-2-4-9-16)21(20(14)22)18-12-11-15-7-5-6-10-17(15)13-18/h2-14,19H,1H3/t14-,19+/m0/s1. The van der Waals surface area contributed by atoms with Crippen molar-refractivity contribution in [2.45, 2.75) is 13.0 Å². The zero-order valence-corrected chi connectivity index (χ0v) is 12.4. The summed E-state index contributed by atoms with van der Waals surface area (Å²) in [6, 6.07) is 24.9. The number of rotatable bonds is 2. The molecule has 2 heteroatoms. The quantitative estimate of drug-likeness (QED) is 0.632. The van der Waals surface area contributed by atoms with Gasteiger partial charge in [-0.05, 0) is 28.5 Å². The second-order valence-corrected chi connectivity index (χ2v) is 5.88. The van der Waals surface area contributed by atoms with Crippen LogP contribution in [0, 0.1) is 5.92 Å². The summed E-state index contributed by atoms with van der Waals surface area (Å²) in [5.74, 6) is 0.234. The number of nitrogens with zero attached hydrogens (tertiary/aromatic N) is 1. The molecule has 1 heterocycles. The summed E-state index contributed by atoms with van der Waals surface area (Å²) in [6.45, 7) is 2.01. The zero-order valence-electron chi connectivity index (χ0n) is 12.4. The Labute approximate surface area is 130 Å². The third-order valence-corrected chi connectivity index (χ3v) is 4.53. The molecule has 0 aromatic heterocycles. The van der Waals surface area contributed by atoms with Gasteiger partial charge in [-0.15, -0.1) is 0 Å². The average Bonchev–Trinajstić information content (AvgIpc) is 2.59. The summed E-state index contributed by atoms with van der Waals surface area (Å²) < 4.78 is 0. The van der Waals surface area contributed by atoms with E-state index in [1.165, 1.54) is 16.3 Å². The van der Waals surface area contributed by atoms with Crippen LogP contribution in [0.5, 0.6) is 0 Å². The smallest absolute Gasteiger partial charge is 0.232 e. The Morgan fingerprint density at radius 3 is 2.27 bits per heavy atom. The summed E-state index contributed by atoms with van der Waals surface area (Å²) >= 11 is 0. The largest absolute Gasteiger partial charge is 0.304 e. The number of hydrogen-bond donors (Lipinski definition) is 0. The maximum Gasteiger partial charge on any atom is 0.232 e. The van der Waals surface area contributed by atoms with Crippen LogP contribution in [0.3, 0.4) is 0 Å². The van der Waals surface area contributed by atoms with Gasteiger partial charge in [0.2, 0.25) is 5.91 Å². The minimum Gasteiger partial charge on any atom is -0.304 e. The molecule has 2 nitrogen and oxygen atoms in total. The number of hydrogen-bond acceptors (Lipinski definition) is 1. The van der Waals surface area contributed by atoms with Crippen molar-refractivity contribution in [3.8, 4) is 0 Å². The van der Waals surface area contributed by atoms with E-state index in [0.29, 0.717) is 0 Å². The Balaban J connectivity index is 1.77. The topological polar surface area (TPSA) is 20.3 Å². The molecule has 1 saturated heterocycles. The Morgan fingerprint density at radius 2 is 1.50 bits per heavy atom. The second kappa shape index (κ2) is 4.99. The van der Waals surface area contributed by atoms with Crippen LogP contribution < -0.4 is 4.90 Å². The second-order valence-electron chi connectivity index (χ2n) is 5.88. The molecular formula is C20H17NO. The molecule has 0 saturated carbocycles. The Bertz CT molecular complexity index is 840. The lowest BCUT2D eigenvalue weighted by Crippen LogP contribution is -2.54. The van der Waals surface area contributed by atoms with Gasteiger partial charge in [-0.25, -0.2) is 0 Å². The number of β-lactam (4-membered cyclic amide) rings is 1. The molecule has 0 radical (unpaired) electrons. The molecule has 1 aliphatic heterocycles. The molecule has 22 heavy (non-hydrogen) atoms. The highest BCUT2D eigenvalue weighted by molar-refractivity contribution is 6.04. The highest BCUT2D eigenvalue weighted by Gasteiger charge is 2.45. The fourth-order valence-corrected chi connectivity index (χ4v) is 3.34. The zero-order chi connectivity index (χ0) is 15.1. The van der Waals surface area contributed by atoms with Gasteiger partial charge in [0.25, 0.3) is 0 Å². The predicted octanol–water partition coefficient (Wildman–Crippen LogP) is 4.56. The van der Waals surface area contributed by atoms with E-state index >= 15 is 0 Å². The van der Waals surface area contributed by atoms with Gasteiger partial charge in [-0.3, -0.25) is 4.79 Å². The molecule has 1 amide bonds. The van der Waals surface area contributed by atoms with Gasteiger partial charge in [-0.1, -0.05) is 67.6 Å². The molecule has 0 N–H and O–H groups in total. The molecule has 0 bridgehead atoms. The summed E-state index contributed by atoms with van der Waals surface area (Å²) in [7, 11) is 0. The van der Waals surface area contributed by atoms with Gasteiger partial charge in [0.1, 0.15) is 0 Å². The summed E-state index contributed by atoms with van der Waals surface area (Å²) in [4.78, 5) is 14.3. The predicted molar refractivity (Wildman–Crippen MR) is 89.8 cm³/mol. The number of fused-ring (bicyclic) bond motifs is 1. The molecule has 3 aromatic carbocycles. The Hall–Kier alpha value is -2.61. The summed E-state index contributed by atoms with van der Waals surface area (Å²) in [5, 5.41) is 2.36. The van der Waals surface area contributed by atoms with E-state index in [9.17, 15) is 4.79 Å². The number of carbonyl (C=O) groups excluding carboxylic acids is 1.